The first kappa shape index (κ1) is 15.2. The lowest BCUT2D eigenvalue weighted by Crippen LogP contribution is -1.85. The summed E-state index contributed by atoms with van der Waals surface area (Å²) in [4.78, 5) is 0. The molecule has 0 saturated carbocycles. The molecule has 2 rings (SSSR count). The second-order valence-corrected chi connectivity index (χ2v) is 3.72. The van der Waals surface area contributed by atoms with Crippen molar-refractivity contribution in [3.8, 4) is 36.2 Å². The monoisotopic (exact) mass is 264 g/mol. The molecule has 0 bridgehead atoms. The van der Waals surface area contributed by atoms with Crippen LogP contribution in [0.5, 0.6) is 11.5 Å². The first-order chi connectivity index (χ1) is 9.74. The Bertz CT molecular complexity index is 630. The highest BCUT2D eigenvalue weighted by Crippen LogP contribution is 2.14. The molecule has 100 valence electrons. The third kappa shape index (κ3) is 4.44. The van der Waals surface area contributed by atoms with Gasteiger partial charge in [0.15, 0.2) is 0 Å². The van der Waals surface area contributed by atoms with Crippen LogP contribution in [0.15, 0.2) is 48.5 Å². The number of hydrogen-bond acceptors (Lipinski definition) is 2. The number of rotatable bonds is 2. The highest BCUT2D eigenvalue weighted by atomic mass is 16.5. The summed E-state index contributed by atoms with van der Waals surface area (Å²) >= 11 is 0. The zero-order valence-corrected chi connectivity index (χ0v) is 11.6. The van der Waals surface area contributed by atoms with Crippen molar-refractivity contribution in [3.63, 3.8) is 0 Å². The summed E-state index contributed by atoms with van der Waals surface area (Å²) in [5, 5.41) is 0. The number of benzene rings is 2. The van der Waals surface area contributed by atoms with Crippen molar-refractivity contribution in [2.45, 2.75) is 0 Å². The van der Waals surface area contributed by atoms with Crippen molar-refractivity contribution in [2.75, 3.05) is 14.2 Å². The van der Waals surface area contributed by atoms with E-state index in [4.69, 9.17) is 22.3 Å². The molecule has 20 heavy (non-hydrogen) atoms. The Morgan fingerprint density at radius 3 is 2.15 bits per heavy atom. The van der Waals surface area contributed by atoms with Gasteiger partial charge in [-0.25, -0.2) is 0 Å². The third-order valence-corrected chi connectivity index (χ3v) is 2.50. The number of methoxy groups -OCH3 is 2. The lowest BCUT2D eigenvalue weighted by Gasteiger charge is -1.99. The van der Waals surface area contributed by atoms with E-state index >= 15 is 0 Å². The van der Waals surface area contributed by atoms with E-state index in [1.54, 1.807) is 14.2 Å². The van der Waals surface area contributed by atoms with Crippen LogP contribution >= 0.6 is 0 Å². The zero-order valence-electron chi connectivity index (χ0n) is 11.6. The van der Waals surface area contributed by atoms with Crippen LogP contribution in [0.4, 0.5) is 0 Å². The van der Waals surface area contributed by atoms with Gasteiger partial charge in [0.05, 0.1) is 19.8 Å². The van der Waals surface area contributed by atoms with Gasteiger partial charge in [-0.2, -0.15) is 0 Å². The fourth-order valence-corrected chi connectivity index (χ4v) is 1.48. The van der Waals surface area contributed by atoms with Crippen LogP contribution < -0.4 is 9.47 Å². The molecule has 0 heterocycles. The summed E-state index contributed by atoms with van der Waals surface area (Å²) < 4.78 is 9.95. The minimum absolute atomic E-state index is 0.755. The van der Waals surface area contributed by atoms with E-state index in [2.05, 4.69) is 11.8 Å². The molecule has 2 aromatic rings. The molecule has 0 aromatic heterocycles. The lowest BCUT2D eigenvalue weighted by atomic mass is 10.2. The van der Waals surface area contributed by atoms with Gasteiger partial charge >= 0.3 is 0 Å². The van der Waals surface area contributed by atoms with Gasteiger partial charge in [-0.3, -0.25) is 0 Å². The van der Waals surface area contributed by atoms with Crippen molar-refractivity contribution < 1.29 is 9.47 Å². The normalized spacial score (nSPS) is 8.40. The first-order valence-corrected chi connectivity index (χ1v) is 5.95. The van der Waals surface area contributed by atoms with Gasteiger partial charge in [0.25, 0.3) is 0 Å². The molecule has 0 aliphatic carbocycles. The van der Waals surface area contributed by atoms with Gasteiger partial charge in [-0.1, -0.05) is 30.0 Å². The maximum atomic E-state index is 5.20. The van der Waals surface area contributed by atoms with Gasteiger partial charge in [0, 0.05) is 5.56 Å². The zero-order chi connectivity index (χ0) is 14.8. The summed E-state index contributed by atoms with van der Waals surface area (Å²) in [5.74, 6) is 6.60. The van der Waals surface area contributed by atoms with Crippen molar-refractivity contribution >= 4 is 0 Å². The van der Waals surface area contributed by atoms with E-state index < -0.39 is 0 Å². The SMILES string of the molecule is C#Cc1cccc(OC)c1.C#Cc1ccccc1OC. The Balaban J connectivity index is 0.000000200. The van der Waals surface area contributed by atoms with E-state index in [1.165, 1.54) is 0 Å². The van der Waals surface area contributed by atoms with E-state index in [0.717, 1.165) is 22.6 Å². The number of terminal acetylenes is 2. The standard InChI is InChI=1S/2C9H8O/c1-3-8-5-4-6-9(7-8)10-2;1-3-8-6-4-5-7-9(8)10-2/h2*1,4-7H,2H3. The van der Waals surface area contributed by atoms with E-state index in [9.17, 15) is 0 Å². The molecule has 0 aliphatic rings. The molecule has 2 aromatic carbocycles. The fourth-order valence-electron chi connectivity index (χ4n) is 1.48. The summed E-state index contributed by atoms with van der Waals surface area (Å²) in [7, 11) is 3.23. The molecule has 0 amide bonds. The van der Waals surface area contributed by atoms with Crippen molar-refractivity contribution in [2.24, 2.45) is 0 Å². The molecular weight excluding hydrogens is 248 g/mol. The van der Waals surface area contributed by atoms with Crippen LogP contribution in [0.3, 0.4) is 0 Å². The van der Waals surface area contributed by atoms with Crippen LogP contribution in [-0.4, -0.2) is 14.2 Å². The quantitative estimate of drug-likeness (QED) is 0.774. The lowest BCUT2D eigenvalue weighted by molar-refractivity contribution is 0.413. The molecule has 2 nitrogen and oxygen atoms in total. The molecule has 2 heteroatoms. The Morgan fingerprint density at radius 1 is 0.850 bits per heavy atom. The van der Waals surface area contributed by atoms with Gasteiger partial charge in [0.1, 0.15) is 11.5 Å². The smallest absolute Gasteiger partial charge is 0.134 e. The minimum atomic E-state index is 0.755. The van der Waals surface area contributed by atoms with Gasteiger partial charge in [-0.15, -0.1) is 12.8 Å². The second-order valence-electron chi connectivity index (χ2n) is 3.72. The van der Waals surface area contributed by atoms with Crippen molar-refractivity contribution in [1.29, 1.82) is 0 Å². The molecular formula is C18H16O2. The Labute approximate surface area is 120 Å². The second kappa shape index (κ2) is 8.29. The molecule has 0 saturated heterocycles. The summed E-state index contributed by atoms with van der Waals surface area (Å²) in [5.41, 5.74) is 1.64. The average Bonchev–Trinajstić information content (AvgIpc) is 2.55. The van der Waals surface area contributed by atoms with Gasteiger partial charge in [-0.05, 0) is 30.3 Å². The Morgan fingerprint density at radius 2 is 1.60 bits per heavy atom. The predicted octanol–water partition coefficient (Wildman–Crippen LogP) is 3.35. The fraction of sp³-hybridized carbons (Fsp3) is 0.111. The maximum absolute atomic E-state index is 5.20. The molecule has 0 radical (unpaired) electrons. The summed E-state index contributed by atoms with van der Waals surface area (Å²) in [6.07, 6.45) is 10.4. The van der Waals surface area contributed by atoms with E-state index in [-0.39, 0.29) is 0 Å². The van der Waals surface area contributed by atoms with Crippen LogP contribution in [0.1, 0.15) is 11.1 Å². The van der Waals surface area contributed by atoms with Crippen LogP contribution in [0, 0.1) is 24.7 Å². The highest BCUT2D eigenvalue weighted by molar-refractivity contribution is 5.44. The summed E-state index contributed by atoms with van der Waals surface area (Å²) in [6, 6.07) is 14.9. The predicted molar refractivity (Wildman–Crippen MR) is 81.9 cm³/mol. The van der Waals surface area contributed by atoms with E-state index in [0.29, 0.717) is 0 Å². The molecule has 0 unspecified atom stereocenters. The number of para-hydroxylation sites is 1. The van der Waals surface area contributed by atoms with Crippen LogP contribution in [0.25, 0.3) is 0 Å². The largest absolute Gasteiger partial charge is 0.497 e. The van der Waals surface area contributed by atoms with Crippen LogP contribution in [-0.2, 0) is 0 Å². The highest BCUT2D eigenvalue weighted by Gasteiger charge is 1.94. The minimum Gasteiger partial charge on any atom is -0.497 e. The van der Waals surface area contributed by atoms with Crippen LogP contribution in [0.2, 0.25) is 0 Å². The maximum Gasteiger partial charge on any atom is 0.134 e. The summed E-state index contributed by atoms with van der Waals surface area (Å²) in [6.45, 7) is 0. The molecule has 0 atom stereocenters. The van der Waals surface area contributed by atoms with Gasteiger partial charge in [0.2, 0.25) is 0 Å². The first-order valence-electron chi connectivity index (χ1n) is 5.95. The third-order valence-electron chi connectivity index (χ3n) is 2.50. The van der Waals surface area contributed by atoms with E-state index in [1.807, 2.05) is 48.5 Å². The van der Waals surface area contributed by atoms with Gasteiger partial charge < -0.3 is 9.47 Å². The number of ether oxygens (including phenoxy) is 2. The molecule has 0 aliphatic heterocycles. The molecule has 0 N–H and O–H groups in total. The topological polar surface area (TPSA) is 18.5 Å². The van der Waals surface area contributed by atoms with Crippen molar-refractivity contribution in [3.05, 3.63) is 59.7 Å². The molecule has 0 spiro atoms. The Hall–Kier alpha value is -2.84. The molecule has 0 fully saturated rings. The van der Waals surface area contributed by atoms with Crippen molar-refractivity contribution in [1.82, 2.24) is 0 Å². The number of hydrogen-bond donors (Lipinski definition) is 0. The average molecular weight is 264 g/mol. The Kier molecular flexibility index (Phi) is 6.31.